The number of fused-ring (bicyclic) bond motifs is 1. The summed E-state index contributed by atoms with van der Waals surface area (Å²) in [6, 6.07) is 13.6. The summed E-state index contributed by atoms with van der Waals surface area (Å²) in [6.07, 6.45) is 1.85. The van der Waals surface area contributed by atoms with E-state index in [0.29, 0.717) is 12.8 Å². The first-order valence-electron chi connectivity index (χ1n) is 7.06. The van der Waals surface area contributed by atoms with Crippen LogP contribution in [0.5, 0.6) is 0 Å². The molecule has 2 rings (SSSR count). The Hall–Kier alpha value is -2.36. The van der Waals surface area contributed by atoms with Gasteiger partial charge in [-0.05, 0) is 36.1 Å². The van der Waals surface area contributed by atoms with Gasteiger partial charge in [0.05, 0.1) is 0 Å². The number of carbonyl (C=O) groups is 2. The van der Waals surface area contributed by atoms with Crippen LogP contribution in [0.4, 0.5) is 0 Å². The first-order chi connectivity index (χ1) is 10.1. The number of aryl methyl sites for hydroxylation is 1. The maximum absolute atomic E-state index is 11.6. The Morgan fingerprint density at radius 1 is 1.14 bits per heavy atom. The predicted octanol–water partition coefficient (Wildman–Crippen LogP) is 2.75. The third kappa shape index (κ3) is 4.31. The molecule has 0 aliphatic rings. The molecule has 110 valence electrons. The van der Waals surface area contributed by atoms with Crippen LogP contribution >= 0.6 is 0 Å². The molecule has 0 aliphatic heterocycles. The van der Waals surface area contributed by atoms with Crippen LogP contribution in [0.1, 0.15) is 25.3 Å². The van der Waals surface area contributed by atoms with Crippen molar-refractivity contribution in [3.63, 3.8) is 0 Å². The predicted molar refractivity (Wildman–Crippen MR) is 82.1 cm³/mol. The number of hydrogen-bond acceptors (Lipinski definition) is 2. The van der Waals surface area contributed by atoms with Crippen molar-refractivity contribution in [1.29, 1.82) is 0 Å². The van der Waals surface area contributed by atoms with E-state index >= 15 is 0 Å². The first-order valence-corrected chi connectivity index (χ1v) is 7.06. The van der Waals surface area contributed by atoms with Gasteiger partial charge in [-0.25, -0.2) is 0 Å². The van der Waals surface area contributed by atoms with Gasteiger partial charge in [-0.15, -0.1) is 0 Å². The van der Waals surface area contributed by atoms with E-state index in [4.69, 9.17) is 5.11 Å². The molecule has 0 saturated carbocycles. The summed E-state index contributed by atoms with van der Waals surface area (Å²) < 4.78 is 0. The summed E-state index contributed by atoms with van der Waals surface area (Å²) in [7, 11) is 0. The minimum absolute atomic E-state index is 0.217. The molecule has 4 nitrogen and oxygen atoms in total. The van der Waals surface area contributed by atoms with Crippen LogP contribution in [0.2, 0.25) is 0 Å². The second kappa shape index (κ2) is 6.88. The highest BCUT2D eigenvalue weighted by Gasteiger charge is 2.13. The van der Waals surface area contributed by atoms with Crippen molar-refractivity contribution < 1.29 is 14.7 Å². The van der Waals surface area contributed by atoms with Gasteiger partial charge in [0.2, 0.25) is 5.91 Å². The zero-order valence-electron chi connectivity index (χ0n) is 12.0. The third-order valence-electron chi connectivity index (χ3n) is 3.43. The number of carboxylic acids is 1. The van der Waals surface area contributed by atoms with Crippen molar-refractivity contribution in [2.24, 2.45) is 0 Å². The minimum Gasteiger partial charge on any atom is -0.480 e. The van der Waals surface area contributed by atoms with Crippen LogP contribution in [0.15, 0.2) is 42.5 Å². The molecular formula is C17H19NO3. The summed E-state index contributed by atoms with van der Waals surface area (Å²) in [5.41, 5.74) is 1.19. The van der Waals surface area contributed by atoms with E-state index < -0.39 is 12.0 Å². The lowest BCUT2D eigenvalue weighted by Crippen LogP contribution is -2.38. The molecule has 0 heterocycles. The van der Waals surface area contributed by atoms with Crippen LogP contribution in [-0.4, -0.2) is 23.0 Å². The Morgan fingerprint density at radius 2 is 1.86 bits per heavy atom. The number of rotatable bonds is 6. The summed E-state index contributed by atoms with van der Waals surface area (Å²) >= 11 is 0. The highest BCUT2D eigenvalue weighted by atomic mass is 16.4. The molecular weight excluding hydrogens is 266 g/mol. The van der Waals surface area contributed by atoms with Crippen LogP contribution in [-0.2, 0) is 16.0 Å². The summed E-state index contributed by atoms with van der Waals surface area (Å²) in [5, 5.41) is 13.6. The van der Waals surface area contributed by atoms with Crippen molar-refractivity contribution in [3.8, 4) is 0 Å². The largest absolute Gasteiger partial charge is 0.480 e. The van der Waals surface area contributed by atoms with E-state index in [2.05, 4.69) is 35.6 Å². The van der Waals surface area contributed by atoms with Crippen molar-refractivity contribution in [1.82, 2.24) is 5.32 Å². The molecule has 0 spiro atoms. The number of nitrogens with one attached hydrogen (secondary N) is 1. The molecule has 0 radical (unpaired) electrons. The summed E-state index contributed by atoms with van der Waals surface area (Å²) in [6.45, 7) is 1.46. The zero-order valence-corrected chi connectivity index (χ0v) is 12.0. The summed E-state index contributed by atoms with van der Waals surface area (Å²) in [4.78, 5) is 22.2. The van der Waals surface area contributed by atoms with E-state index in [1.54, 1.807) is 0 Å². The Balaban J connectivity index is 1.84. The second-order valence-corrected chi connectivity index (χ2v) is 5.16. The molecule has 2 aromatic carbocycles. The van der Waals surface area contributed by atoms with Crippen LogP contribution in [0.3, 0.4) is 0 Å². The highest BCUT2D eigenvalue weighted by Crippen LogP contribution is 2.16. The van der Waals surface area contributed by atoms with E-state index in [9.17, 15) is 9.59 Å². The fourth-order valence-electron chi connectivity index (χ4n) is 2.22. The monoisotopic (exact) mass is 285 g/mol. The maximum atomic E-state index is 11.6. The topological polar surface area (TPSA) is 66.4 Å². The number of hydrogen-bond donors (Lipinski definition) is 2. The van der Waals surface area contributed by atoms with E-state index in [-0.39, 0.29) is 5.91 Å². The van der Waals surface area contributed by atoms with Crippen LogP contribution < -0.4 is 5.32 Å². The van der Waals surface area contributed by atoms with Gasteiger partial charge in [0.1, 0.15) is 6.04 Å². The number of carbonyl (C=O) groups excluding carboxylic acids is 1. The fourth-order valence-corrected chi connectivity index (χ4v) is 2.22. The average molecular weight is 285 g/mol. The lowest BCUT2D eigenvalue weighted by molar-refractivity contribution is -0.141. The van der Waals surface area contributed by atoms with E-state index in [0.717, 1.165) is 6.42 Å². The standard InChI is InChI=1S/C17H19NO3/c1-12(17(20)21)18-16(19)8-4-5-13-9-10-14-6-2-3-7-15(14)11-13/h2-3,6-7,9-12H,4-5,8H2,1H3,(H,18,19)(H,20,21)/t12-/m1/s1. The molecule has 0 unspecified atom stereocenters. The Labute approximate surface area is 123 Å². The van der Waals surface area contributed by atoms with E-state index in [1.807, 2.05) is 12.1 Å². The van der Waals surface area contributed by atoms with Gasteiger partial charge in [0, 0.05) is 6.42 Å². The van der Waals surface area contributed by atoms with Crippen molar-refractivity contribution >= 4 is 22.6 Å². The van der Waals surface area contributed by atoms with Gasteiger partial charge in [0.25, 0.3) is 0 Å². The molecule has 1 atom stereocenters. The Morgan fingerprint density at radius 3 is 2.57 bits per heavy atom. The molecule has 0 aliphatic carbocycles. The molecule has 2 N–H and O–H groups in total. The first kappa shape index (κ1) is 15.0. The van der Waals surface area contributed by atoms with Gasteiger partial charge in [-0.3, -0.25) is 9.59 Å². The molecule has 0 aromatic heterocycles. The van der Waals surface area contributed by atoms with Gasteiger partial charge >= 0.3 is 5.97 Å². The number of aliphatic carboxylic acids is 1. The van der Waals surface area contributed by atoms with Gasteiger partial charge in [-0.2, -0.15) is 0 Å². The Kier molecular flexibility index (Phi) is 4.93. The number of benzene rings is 2. The molecule has 21 heavy (non-hydrogen) atoms. The van der Waals surface area contributed by atoms with E-state index in [1.165, 1.54) is 23.3 Å². The van der Waals surface area contributed by atoms with Gasteiger partial charge in [-0.1, -0.05) is 42.5 Å². The zero-order chi connectivity index (χ0) is 15.2. The normalized spacial score (nSPS) is 12.0. The van der Waals surface area contributed by atoms with Crippen molar-refractivity contribution in [2.45, 2.75) is 32.2 Å². The lowest BCUT2D eigenvalue weighted by Gasteiger charge is -2.09. The third-order valence-corrected chi connectivity index (χ3v) is 3.43. The fraction of sp³-hybridized carbons (Fsp3) is 0.294. The number of amides is 1. The molecule has 1 amide bonds. The Bertz CT molecular complexity index is 651. The average Bonchev–Trinajstić information content (AvgIpc) is 2.47. The molecule has 0 bridgehead atoms. The smallest absolute Gasteiger partial charge is 0.325 e. The minimum atomic E-state index is -1.02. The highest BCUT2D eigenvalue weighted by molar-refractivity contribution is 5.84. The second-order valence-electron chi connectivity index (χ2n) is 5.16. The lowest BCUT2D eigenvalue weighted by atomic mass is 10.0. The van der Waals surface area contributed by atoms with Gasteiger partial charge in [0.15, 0.2) is 0 Å². The SMILES string of the molecule is C[C@@H](NC(=O)CCCc1ccc2ccccc2c1)C(=O)O. The summed E-state index contributed by atoms with van der Waals surface area (Å²) in [5.74, 6) is -1.23. The molecule has 2 aromatic rings. The van der Waals surface area contributed by atoms with Gasteiger partial charge < -0.3 is 10.4 Å². The molecule has 0 saturated heterocycles. The molecule has 4 heteroatoms. The van der Waals surface area contributed by atoms with Crippen LogP contribution in [0, 0.1) is 0 Å². The number of carboxylic acid groups (broad SMARTS) is 1. The molecule has 0 fully saturated rings. The van der Waals surface area contributed by atoms with Crippen LogP contribution in [0.25, 0.3) is 10.8 Å². The van der Waals surface area contributed by atoms with Crippen molar-refractivity contribution in [3.05, 3.63) is 48.0 Å². The quantitative estimate of drug-likeness (QED) is 0.857. The maximum Gasteiger partial charge on any atom is 0.325 e. The van der Waals surface area contributed by atoms with Crippen molar-refractivity contribution in [2.75, 3.05) is 0 Å².